The van der Waals surface area contributed by atoms with E-state index >= 15 is 0 Å². The minimum atomic E-state index is -0.447. The first-order valence-corrected chi connectivity index (χ1v) is 12.1. The first-order valence-electron chi connectivity index (χ1n) is 11.3. The smallest absolute Gasteiger partial charge is 0.269 e. The molecule has 3 aromatic rings. The van der Waals surface area contributed by atoms with Gasteiger partial charge in [-0.2, -0.15) is 5.26 Å². The number of para-hydroxylation sites is 1. The minimum absolute atomic E-state index is 0.00540. The van der Waals surface area contributed by atoms with Crippen LogP contribution in [0.2, 0.25) is 0 Å². The van der Waals surface area contributed by atoms with Crippen molar-refractivity contribution in [3.63, 3.8) is 0 Å². The Bertz CT molecular complexity index is 1330. The number of nitro benzene ring substituents is 1. The van der Waals surface area contributed by atoms with E-state index in [0.29, 0.717) is 47.5 Å². The Balaban J connectivity index is 1.39. The van der Waals surface area contributed by atoms with E-state index < -0.39 is 4.92 Å². The van der Waals surface area contributed by atoms with Crippen molar-refractivity contribution in [1.29, 1.82) is 5.26 Å². The monoisotopic (exact) mass is 546 g/mol. The van der Waals surface area contributed by atoms with Gasteiger partial charge in [0.25, 0.3) is 11.6 Å². The molecule has 1 aliphatic heterocycles. The highest BCUT2D eigenvalue weighted by Gasteiger charge is 2.24. The number of hydrogen-bond donors (Lipinski definition) is 0. The number of carbonyl (C=O) groups is 1. The van der Waals surface area contributed by atoms with Crippen LogP contribution in [0.4, 0.5) is 11.4 Å². The zero-order valence-corrected chi connectivity index (χ0v) is 20.9. The number of non-ortho nitro benzene ring substituents is 1. The number of carbonyl (C=O) groups excluding carboxylic acids is 1. The predicted octanol–water partition coefficient (Wildman–Crippen LogP) is 5.19. The number of nitrogens with zero attached hydrogens (tertiary/aromatic N) is 4. The van der Waals surface area contributed by atoms with Crippen LogP contribution in [0.1, 0.15) is 11.1 Å². The molecule has 0 N–H and O–H groups in total. The summed E-state index contributed by atoms with van der Waals surface area (Å²) in [5, 5.41) is 20.6. The molecule has 1 amide bonds. The summed E-state index contributed by atoms with van der Waals surface area (Å²) in [6, 6.07) is 23.6. The van der Waals surface area contributed by atoms with Gasteiger partial charge in [0.1, 0.15) is 24.0 Å². The lowest BCUT2D eigenvalue weighted by atomic mass is 10.1. The molecule has 1 heterocycles. The third-order valence-electron chi connectivity index (χ3n) is 5.82. The molecular weight excluding hydrogens is 524 g/mol. The van der Waals surface area contributed by atoms with Crippen molar-refractivity contribution in [1.82, 2.24) is 4.90 Å². The van der Waals surface area contributed by atoms with E-state index in [9.17, 15) is 20.2 Å². The molecule has 0 unspecified atom stereocenters. The molecule has 1 fully saturated rings. The third-order valence-corrected chi connectivity index (χ3v) is 6.44. The summed E-state index contributed by atoms with van der Waals surface area (Å²) in [4.78, 5) is 27.4. The quantitative estimate of drug-likeness (QED) is 0.175. The topological polar surface area (TPSA) is 99.7 Å². The van der Waals surface area contributed by atoms with Crippen LogP contribution in [0.5, 0.6) is 5.75 Å². The Morgan fingerprint density at radius 3 is 2.47 bits per heavy atom. The molecule has 0 bridgehead atoms. The van der Waals surface area contributed by atoms with Crippen LogP contribution in [0.15, 0.2) is 82.8 Å². The van der Waals surface area contributed by atoms with Gasteiger partial charge in [0, 0.05) is 44.0 Å². The van der Waals surface area contributed by atoms with E-state index in [2.05, 4.69) is 20.8 Å². The molecule has 36 heavy (non-hydrogen) atoms. The molecule has 0 aliphatic carbocycles. The normalized spacial score (nSPS) is 13.7. The summed E-state index contributed by atoms with van der Waals surface area (Å²) in [6.45, 7) is 2.65. The molecule has 0 spiro atoms. The lowest BCUT2D eigenvalue weighted by Crippen LogP contribution is -2.49. The number of piperazine rings is 1. The number of benzene rings is 3. The summed E-state index contributed by atoms with van der Waals surface area (Å²) in [5.74, 6) is 0.257. The fraction of sp³-hybridized carbons (Fsp3) is 0.185. The lowest BCUT2D eigenvalue weighted by Gasteiger charge is -2.36. The SMILES string of the molecule is N#CC(=Cc1ccc(OCc2cccc([N+](=O)[O-])c2)c(Br)c1)C(=O)N1CCN(c2ccccc2)CC1. The largest absolute Gasteiger partial charge is 0.488 e. The lowest BCUT2D eigenvalue weighted by molar-refractivity contribution is -0.384. The van der Waals surface area contributed by atoms with Crippen LogP contribution in [0.25, 0.3) is 6.08 Å². The highest BCUT2D eigenvalue weighted by molar-refractivity contribution is 9.10. The van der Waals surface area contributed by atoms with Crippen LogP contribution in [0, 0.1) is 21.4 Å². The van der Waals surface area contributed by atoms with Crippen molar-refractivity contribution in [2.24, 2.45) is 0 Å². The molecule has 3 aromatic carbocycles. The molecular formula is C27H23BrN4O4. The van der Waals surface area contributed by atoms with Gasteiger partial charge < -0.3 is 14.5 Å². The predicted molar refractivity (Wildman–Crippen MR) is 140 cm³/mol. The average Bonchev–Trinajstić information content (AvgIpc) is 2.91. The number of nitro groups is 1. The molecule has 0 atom stereocenters. The van der Waals surface area contributed by atoms with Crippen molar-refractivity contribution in [3.05, 3.63) is 104 Å². The van der Waals surface area contributed by atoms with E-state index in [4.69, 9.17) is 4.74 Å². The highest BCUT2D eigenvalue weighted by Crippen LogP contribution is 2.28. The van der Waals surface area contributed by atoms with Crippen LogP contribution >= 0.6 is 15.9 Å². The number of anilines is 1. The van der Waals surface area contributed by atoms with Crippen molar-refractivity contribution < 1.29 is 14.5 Å². The second kappa shape index (κ2) is 11.5. The summed E-state index contributed by atoms with van der Waals surface area (Å²) in [6.07, 6.45) is 1.57. The van der Waals surface area contributed by atoms with Gasteiger partial charge in [-0.15, -0.1) is 0 Å². The molecule has 4 rings (SSSR count). The van der Waals surface area contributed by atoms with Crippen LogP contribution in [0.3, 0.4) is 0 Å². The molecule has 182 valence electrons. The van der Waals surface area contributed by atoms with E-state index in [1.54, 1.807) is 41.3 Å². The van der Waals surface area contributed by atoms with E-state index in [0.717, 1.165) is 5.69 Å². The molecule has 9 heteroatoms. The Kier molecular flexibility index (Phi) is 7.98. The highest BCUT2D eigenvalue weighted by atomic mass is 79.9. The second-order valence-electron chi connectivity index (χ2n) is 8.19. The van der Waals surface area contributed by atoms with Gasteiger partial charge in [-0.1, -0.05) is 36.4 Å². The first kappa shape index (κ1) is 24.9. The maximum atomic E-state index is 13.0. The third kappa shape index (κ3) is 6.09. The Labute approximate surface area is 217 Å². The van der Waals surface area contributed by atoms with Crippen molar-refractivity contribution >= 4 is 39.3 Å². The van der Waals surface area contributed by atoms with Gasteiger partial charge in [-0.3, -0.25) is 14.9 Å². The Morgan fingerprint density at radius 1 is 1.06 bits per heavy atom. The van der Waals surface area contributed by atoms with Gasteiger partial charge in [0.05, 0.1) is 9.40 Å². The zero-order chi connectivity index (χ0) is 25.5. The summed E-state index contributed by atoms with van der Waals surface area (Å²) in [7, 11) is 0. The van der Waals surface area contributed by atoms with E-state index in [-0.39, 0.29) is 23.8 Å². The number of halogens is 1. The maximum absolute atomic E-state index is 13.0. The number of rotatable bonds is 7. The van der Waals surface area contributed by atoms with Gasteiger partial charge in [0.2, 0.25) is 0 Å². The Hall–Kier alpha value is -4.16. The zero-order valence-electron chi connectivity index (χ0n) is 19.3. The molecule has 1 aliphatic rings. The van der Waals surface area contributed by atoms with Gasteiger partial charge in [-0.05, 0) is 57.4 Å². The average molecular weight is 547 g/mol. The fourth-order valence-electron chi connectivity index (χ4n) is 3.93. The molecule has 0 saturated carbocycles. The molecule has 0 aromatic heterocycles. The number of nitriles is 1. The van der Waals surface area contributed by atoms with Crippen LogP contribution in [-0.2, 0) is 11.4 Å². The Morgan fingerprint density at radius 2 is 1.81 bits per heavy atom. The number of amides is 1. The number of ether oxygens (including phenoxy) is 1. The van der Waals surface area contributed by atoms with Crippen molar-refractivity contribution in [3.8, 4) is 11.8 Å². The van der Waals surface area contributed by atoms with Crippen molar-refractivity contribution in [2.75, 3.05) is 31.1 Å². The van der Waals surface area contributed by atoms with E-state index in [1.807, 2.05) is 36.4 Å². The molecule has 0 radical (unpaired) electrons. The van der Waals surface area contributed by atoms with Gasteiger partial charge in [0.15, 0.2) is 0 Å². The summed E-state index contributed by atoms with van der Waals surface area (Å²) in [5.41, 5.74) is 2.55. The van der Waals surface area contributed by atoms with E-state index in [1.165, 1.54) is 12.1 Å². The standard InChI is InChI=1S/C27H23BrN4O4/c28-25-17-20(9-10-26(25)36-19-21-5-4-8-24(16-21)32(34)35)15-22(18-29)27(33)31-13-11-30(12-14-31)23-6-2-1-3-7-23/h1-10,15-17H,11-14,19H2. The van der Waals surface area contributed by atoms with Gasteiger partial charge >= 0.3 is 0 Å². The maximum Gasteiger partial charge on any atom is 0.269 e. The van der Waals surface area contributed by atoms with Crippen LogP contribution in [-0.4, -0.2) is 41.9 Å². The number of hydrogen-bond acceptors (Lipinski definition) is 6. The fourth-order valence-corrected chi connectivity index (χ4v) is 4.44. The van der Waals surface area contributed by atoms with Crippen LogP contribution < -0.4 is 9.64 Å². The molecule has 1 saturated heterocycles. The molecule has 8 nitrogen and oxygen atoms in total. The van der Waals surface area contributed by atoms with Gasteiger partial charge in [-0.25, -0.2) is 0 Å². The minimum Gasteiger partial charge on any atom is -0.488 e. The first-order chi connectivity index (χ1) is 17.4. The second-order valence-corrected chi connectivity index (χ2v) is 9.04. The van der Waals surface area contributed by atoms with Crippen molar-refractivity contribution in [2.45, 2.75) is 6.61 Å². The summed E-state index contributed by atoms with van der Waals surface area (Å²) < 4.78 is 6.44. The summed E-state index contributed by atoms with van der Waals surface area (Å²) >= 11 is 3.47.